The van der Waals surface area contributed by atoms with Crippen LogP contribution in [0.3, 0.4) is 0 Å². The number of nitrogen functional groups attached to an aromatic ring is 1. The minimum Gasteiger partial charge on any atom is -0.322 e. The van der Waals surface area contributed by atoms with Crippen LogP contribution in [0.4, 0.5) is 14.9 Å². The standard InChI is InChI=1S/C19H23FN6O2/c1-24-8-10-25(11-9-24)19(28)26(17-5-3-2-4-16(17)20)13-15-7-6-14(12-22-15)18(27)23-21/h2-7,12H,8-11,13,21H2,1H3,(H,23,27). The zero-order valence-electron chi connectivity index (χ0n) is 15.6. The van der Waals surface area contributed by atoms with Gasteiger partial charge in [0.1, 0.15) is 5.82 Å². The largest absolute Gasteiger partial charge is 0.325 e. The summed E-state index contributed by atoms with van der Waals surface area (Å²) >= 11 is 0. The third-order valence-corrected chi connectivity index (χ3v) is 4.69. The molecule has 8 nitrogen and oxygen atoms in total. The number of carbonyl (C=O) groups excluding carboxylic acids is 2. The number of carbonyl (C=O) groups is 2. The molecule has 3 N–H and O–H groups in total. The minimum atomic E-state index is -0.482. The van der Waals surface area contributed by atoms with Crippen LogP contribution in [0.1, 0.15) is 16.1 Å². The molecule has 1 fully saturated rings. The number of anilines is 1. The number of nitrogens with zero attached hydrogens (tertiary/aromatic N) is 4. The fraction of sp³-hybridized carbons (Fsp3) is 0.316. The van der Waals surface area contributed by atoms with E-state index in [2.05, 4.69) is 9.88 Å². The van der Waals surface area contributed by atoms with Crippen molar-refractivity contribution in [2.75, 3.05) is 38.1 Å². The van der Waals surface area contributed by atoms with Crippen molar-refractivity contribution in [1.29, 1.82) is 0 Å². The van der Waals surface area contributed by atoms with Gasteiger partial charge in [-0.15, -0.1) is 0 Å². The summed E-state index contributed by atoms with van der Waals surface area (Å²) in [5, 5.41) is 0. The van der Waals surface area contributed by atoms with Crippen molar-refractivity contribution in [2.24, 2.45) is 5.84 Å². The predicted octanol–water partition coefficient (Wildman–Crippen LogP) is 1.20. The third kappa shape index (κ3) is 4.44. The van der Waals surface area contributed by atoms with Gasteiger partial charge in [0.15, 0.2) is 0 Å². The quantitative estimate of drug-likeness (QED) is 0.468. The van der Waals surface area contributed by atoms with E-state index in [1.54, 1.807) is 35.2 Å². The highest BCUT2D eigenvalue weighted by atomic mass is 19.1. The molecule has 0 atom stereocenters. The second-order valence-electron chi connectivity index (χ2n) is 6.62. The molecule has 9 heteroatoms. The van der Waals surface area contributed by atoms with Gasteiger partial charge < -0.3 is 9.80 Å². The lowest BCUT2D eigenvalue weighted by atomic mass is 10.2. The summed E-state index contributed by atoms with van der Waals surface area (Å²) in [6.07, 6.45) is 1.37. The van der Waals surface area contributed by atoms with Gasteiger partial charge in [-0.05, 0) is 31.3 Å². The fourth-order valence-corrected chi connectivity index (χ4v) is 2.99. The Bertz CT molecular complexity index is 837. The number of urea groups is 1. The molecule has 0 unspecified atom stereocenters. The molecule has 2 heterocycles. The van der Waals surface area contributed by atoms with Crippen molar-refractivity contribution in [3.05, 3.63) is 59.7 Å². The number of benzene rings is 1. The highest BCUT2D eigenvalue weighted by Gasteiger charge is 2.27. The number of nitrogens with one attached hydrogen (secondary N) is 1. The van der Waals surface area contributed by atoms with Crippen LogP contribution < -0.4 is 16.2 Å². The van der Waals surface area contributed by atoms with Gasteiger partial charge in [0.25, 0.3) is 5.91 Å². The van der Waals surface area contributed by atoms with E-state index in [1.165, 1.54) is 17.2 Å². The Morgan fingerprint density at radius 2 is 1.89 bits per heavy atom. The number of hydrazine groups is 1. The SMILES string of the molecule is CN1CCN(C(=O)N(Cc2ccc(C(=O)NN)cn2)c2ccccc2F)CC1. The Hall–Kier alpha value is -3.04. The van der Waals surface area contributed by atoms with Gasteiger partial charge in [0.05, 0.1) is 23.5 Å². The molecular weight excluding hydrogens is 363 g/mol. The second kappa shape index (κ2) is 8.77. The summed E-state index contributed by atoms with van der Waals surface area (Å²) in [5.41, 5.74) is 3.05. The Balaban J connectivity index is 1.85. The molecule has 3 rings (SSSR count). The average Bonchev–Trinajstić information content (AvgIpc) is 2.72. The van der Waals surface area contributed by atoms with Crippen LogP contribution >= 0.6 is 0 Å². The maximum absolute atomic E-state index is 14.4. The first kappa shape index (κ1) is 19.7. The number of likely N-dealkylation sites (N-methyl/N-ethyl adjacent to an activating group) is 1. The van der Waals surface area contributed by atoms with E-state index in [9.17, 15) is 14.0 Å². The molecule has 1 aliphatic heterocycles. The Morgan fingerprint density at radius 1 is 1.18 bits per heavy atom. The van der Waals surface area contributed by atoms with Crippen LogP contribution in [0.2, 0.25) is 0 Å². The van der Waals surface area contributed by atoms with E-state index in [1.807, 2.05) is 12.5 Å². The molecule has 0 aliphatic carbocycles. The lowest BCUT2D eigenvalue weighted by Crippen LogP contribution is -2.52. The Morgan fingerprint density at radius 3 is 2.50 bits per heavy atom. The average molecular weight is 386 g/mol. The maximum Gasteiger partial charge on any atom is 0.325 e. The van der Waals surface area contributed by atoms with Gasteiger partial charge in [-0.25, -0.2) is 15.0 Å². The first-order valence-electron chi connectivity index (χ1n) is 8.95. The molecule has 0 radical (unpaired) electrons. The van der Waals surface area contributed by atoms with Gasteiger partial charge in [0, 0.05) is 32.4 Å². The highest BCUT2D eigenvalue weighted by molar-refractivity contribution is 5.93. The van der Waals surface area contributed by atoms with Crippen molar-refractivity contribution in [3.8, 4) is 0 Å². The zero-order valence-corrected chi connectivity index (χ0v) is 15.6. The van der Waals surface area contributed by atoms with Crippen LogP contribution in [0.15, 0.2) is 42.6 Å². The van der Waals surface area contributed by atoms with E-state index in [0.717, 1.165) is 13.1 Å². The molecule has 28 heavy (non-hydrogen) atoms. The number of hydrogen-bond donors (Lipinski definition) is 2. The van der Waals surface area contributed by atoms with Gasteiger partial charge in [0.2, 0.25) is 0 Å². The van der Waals surface area contributed by atoms with E-state index >= 15 is 0 Å². The van der Waals surface area contributed by atoms with Crippen molar-refractivity contribution in [2.45, 2.75) is 6.54 Å². The van der Waals surface area contributed by atoms with Crippen molar-refractivity contribution < 1.29 is 14.0 Å². The van der Waals surface area contributed by atoms with Crippen molar-refractivity contribution >= 4 is 17.6 Å². The maximum atomic E-state index is 14.4. The van der Waals surface area contributed by atoms with E-state index in [-0.39, 0.29) is 18.3 Å². The number of aromatic nitrogens is 1. The smallest absolute Gasteiger partial charge is 0.322 e. The van der Waals surface area contributed by atoms with E-state index in [4.69, 9.17) is 5.84 Å². The summed E-state index contributed by atoms with van der Waals surface area (Å²) in [5.74, 6) is 4.17. The number of piperazine rings is 1. The van der Waals surface area contributed by atoms with Crippen LogP contribution in [0.5, 0.6) is 0 Å². The number of para-hydroxylation sites is 1. The highest BCUT2D eigenvalue weighted by Crippen LogP contribution is 2.23. The number of pyridine rings is 1. The summed E-state index contributed by atoms with van der Waals surface area (Å²) < 4.78 is 14.4. The third-order valence-electron chi connectivity index (χ3n) is 4.69. The molecule has 1 aromatic heterocycles. The lowest BCUT2D eigenvalue weighted by Gasteiger charge is -2.36. The molecule has 2 aromatic rings. The predicted molar refractivity (Wildman–Crippen MR) is 103 cm³/mol. The molecular formula is C19H23FN6O2. The first-order valence-corrected chi connectivity index (χ1v) is 8.95. The zero-order chi connectivity index (χ0) is 20.1. The van der Waals surface area contributed by atoms with E-state index in [0.29, 0.717) is 24.3 Å². The monoisotopic (exact) mass is 386 g/mol. The van der Waals surface area contributed by atoms with Crippen LogP contribution in [0.25, 0.3) is 0 Å². The summed E-state index contributed by atoms with van der Waals surface area (Å²) in [4.78, 5) is 34.1. The molecule has 0 saturated carbocycles. The van der Waals surface area contributed by atoms with E-state index < -0.39 is 11.7 Å². The lowest BCUT2D eigenvalue weighted by molar-refractivity contribution is 0.0953. The van der Waals surface area contributed by atoms with Crippen molar-refractivity contribution in [1.82, 2.24) is 20.2 Å². The fourth-order valence-electron chi connectivity index (χ4n) is 2.99. The topological polar surface area (TPSA) is 94.8 Å². The molecule has 1 saturated heterocycles. The van der Waals surface area contributed by atoms with Gasteiger partial charge in [-0.3, -0.25) is 20.1 Å². The van der Waals surface area contributed by atoms with Gasteiger partial charge in [-0.1, -0.05) is 12.1 Å². The van der Waals surface area contributed by atoms with Crippen LogP contribution in [0, 0.1) is 5.82 Å². The molecule has 0 spiro atoms. The molecule has 0 bridgehead atoms. The van der Waals surface area contributed by atoms with Gasteiger partial charge in [-0.2, -0.15) is 0 Å². The second-order valence-corrected chi connectivity index (χ2v) is 6.62. The molecule has 148 valence electrons. The summed E-state index contributed by atoms with van der Waals surface area (Å²) in [6.45, 7) is 2.75. The number of amides is 3. The number of halogens is 1. The summed E-state index contributed by atoms with van der Waals surface area (Å²) in [6, 6.07) is 9.06. The minimum absolute atomic E-state index is 0.0800. The first-order chi connectivity index (χ1) is 13.5. The molecule has 1 aliphatic rings. The Kier molecular flexibility index (Phi) is 6.17. The van der Waals surface area contributed by atoms with Gasteiger partial charge >= 0.3 is 6.03 Å². The van der Waals surface area contributed by atoms with Crippen LogP contribution in [-0.2, 0) is 6.54 Å². The number of hydrogen-bond acceptors (Lipinski definition) is 5. The van der Waals surface area contributed by atoms with Crippen LogP contribution in [-0.4, -0.2) is 59.9 Å². The normalized spacial score (nSPS) is 14.6. The number of nitrogens with two attached hydrogens (primary N) is 1. The van der Waals surface area contributed by atoms with Crippen molar-refractivity contribution in [3.63, 3.8) is 0 Å². The molecule has 3 amide bonds. The summed E-state index contributed by atoms with van der Waals surface area (Å²) in [7, 11) is 2.00. The Labute approximate surface area is 162 Å². The number of rotatable bonds is 4. The molecule has 1 aromatic carbocycles.